The molecule has 2 heterocycles. The van der Waals surface area contributed by atoms with E-state index in [1.165, 1.54) is 5.69 Å². The fraction of sp³-hybridized carbons (Fsp3) is 0.409. The molecule has 1 unspecified atom stereocenters. The summed E-state index contributed by atoms with van der Waals surface area (Å²) in [6.45, 7) is 6.70. The van der Waals surface area contributed by atoms with Crippen LogP contribution in [0.1, 0.15) is 10.4 Å². The van der Waals surface area contributed by atoms with Gasteiger partial charge in [-0.05, 0) is 24.3 Å². The molecule has 28 heavy (non-hydrogen) atoms. The second kappa shape index (κ2) is 8.95. The topological polar surface area (TPSA) is 36.0 Å². The molecule has 2 aliphatic heterocycles. The van der Waals surface area contributed by atoms with Gasteiger partial charge in [-0.25, -0.2) is 0 Å². The molecule has 6 heteroatoms. The van der Waals surface area contributed by atoms with E-state index in [9.17, 15) is 4.79 Å². The molecule has 0 spiro atoms. The van der Waals surface area contributed by atoms with E-state index < -0.39 is 0 Å². The summed E-state index contributed by atoms with van der Waals surface area (Å²) >= 11 is 6.20. The summed E-state index contributed by atoms with van der Waals surface area (Å²) in [7, 11) is 0. The maximum Gasteiger partial charge on any atom is 0.255 e. The van der Waals surface area contributed by atoms with Crippen molar-refractivity contribution in [1.29, 1.82) is 0 Å². The van der Waals surface area contributed by atoms with E-state index in [4.69, 9.17) is 16.3 Å². The third kappa shape index (κ3) is 4.49. The molecule has 2 fully saturated rings. The van der Waals surface area contributed by atoms with Crippen molar-refractivity contribution >= 4 is 23.2 Å². The standard InChI is InChI=1S/C22H26ClN3O2/c23-21-9-5-4-8-20(21)22(27)26-14-15-28-19(17-26)16-24-10-12-25(13-11-24)18-6-2-1-3-7-18/h1-9,19H,10-17H2. The zero-order valence-corrected chi connectivity index (χ0v) is 16.7. The number of rotatable bonds is 4. The molecule has 1 atom stereocenters. The number of halogens is 1. The lowest BCUT2D eigenvalue weighted by Crippen LogP contribution is -2.53. The highest BCUT2D eigenvalue weighted by molar-refractivity contribution is 6.33. The molecule has 1 amide bonds. The van der Waals surface area contributed by atoms with Crippen LogP contribution in [-0.4, -0.2) is 74.2 Å². The summed E-state index contributed by atoms with van der Waals surface area (Å²) < 4.78 is 5.96. The number of ether oxygens (including phenoxy) is 1. The number of piperazine rings is 1. The van der Waals surface area contributed by atoms with Crippen LogP contribution < -0.4 is 4.90 Å². The van der Waals surface area contributed by atoms with Crippen molar-refractivity contribution in [3.63, 3.8) is 0 Å². The first-order chi connectivity index (χ1) is 13.7. The van der Waals surface area contributed by atoms with Crippen molar-refractivity contribution in [2.75, 3.05) is 57.3 Å². The molecule has 0 aromatic heterocycles. The largest absolute Gasteiger partial charge is 0.373 e. The Morgan fingerprint density at radius 3 is 2.43 bits per heavy atom. The Balaban J connectivity index is 1.30. The van der Waals surface area contributed by atoms with Crippen molar-refractivity contribution in [2.45, 2.75) is 6.10 Å². The van der Waals surface area contributed by atoms with E-state index in [0.29, 0.717) is 30.3 Å². The monoisotopic (exact) mass is 399 g/mol. The van der Waals surface area contributed by atoms with Crippen LogP contribution >= 0.6 is 11.6 Å². The number of benzene rings is 2. The van der Waals surface area contributed by atoms with Crippen molar-refractivity contribution in [1.82, 2.24) is 9.80 Å². The molecule has 2 saturated heterocycles. The van der Waals surface area contributed by atoms with Crippen LogP contribution in [0.2, 0.25) is 5.02 Å². The number of hydrogen-bond acceptors (Lipinski definition) is 4. The van der Waals surface area contributed by atoms with Crippen molar-refractivity contribution < 1.29 is 9.53 Å². The van der Waals surface area contributed by atoms with Crippen LogP contribution in [0.4, 0.5) is 5.69 Å². The van der Waals surface area contributed by atoms with Crippen LogP contribution in [0.5, 0.6) is 0 Å². The number of amides is 1. The number of para-hydroxylation sites is 1. The van der Waals surface area contributed by atoms with Crippen LogP contribution in [0.3, 0.4) is 0 Å². The molecule has 0 bridgehead atoms. The summed E-state index contributed by atoms with van der Waals surface area (Å²) in [4.78, 5) is 19.6. The van der Waals surface area contributed by atoms with Gasteiger partial charge in [0.2, 0.25) is 0 Å². The lowest BCUT2D eigenvalue weighted by molar-refractivity contribution is -0.0363. The molecule has 4 rings (SSSR count). The normalized spacial score (nSPS) is 21.0. The number of anilines is 1. The average molecular weight is 400 g/mol. The third-order valence-corrected chi connectivity index (χ3v) is 5.82. The van der Waals surface area contributed by atoms with Gasteiger partial charge in [0.25, 0.3) is 5.91 Å². The van der Waals surface area contributed by atoms with Crippen molar-refractivity contribution in [3.05, 3.63) is 65.2 Å². The molecule has 0 radical (unpaired) electrons. The lowest BCUT2D eigenvalue weighted by Gasteiger charge is -2.40. The van der Waals surface area contributed by atoms with Gasteiger partial charge in [-0.2, -0.15) is 0 Å². The van der Waals surface area contributed by atoms with Gasteiger partial charge in [0.05, 0.1) is 23.3 Å². The summed E-state index contributed by atoms with van der Waals surface area (Å²) in [5, 5.41) is 0.507. The highest BCUT2D eigenvalue weighted by Gasteiger charge is 2.28. The van der Waals surface area contributed by atoms with Gasteiger partial charge in [0.15, 0.2) is 0 Å². The summed E-state index contributed by atoms with van der Waals surface area (Å²) in [5.41, 5.74) is 1.86. The van der Waals surface area contributed by atoms with Gasteiger partial charge < -0.3 is 14.5 Å². The zero-order valence-electron chi connectivity index (χ0n) is 16.0. The number of nitrogens with zero attached hydrogens (tertiary/aromatic N) is 3. The Bertz CT molecular complexity index is 793. The Kier molecular flexibility index (Phi) is 6.15. The SMILES string of the molecule is O=C(c1ccccc1Cl)N1CCOC(CN2CCN(c3ccccc3)CC2)C1. The van der Waals surface area contributed by atoms with Gasteiger partial charge in [0.1, 0.15) is 0 Å². The molecule has 0 aliphatic carbocycles. The van der Waals surface area contributed by atoms with E-state index in [1.807, 2.05) is 17.0 Å². The first-order valence-corrected chi connectivity index (χ1v) is 10.3. The van der Waals surface area contributed by atoms with E-state index >= 15 is 0 Å². The second-order valence-electron chi connectivity index (χ2n) is 7.35. The molecular formula is C22H26ClN3O2. The molecule has 148 valence electrons. The summed E-state index contributed by atoms with van der Waals surface area (Å²) in [5.74, 6) is -0.00667. The van der Waals surface area contributed by atoms with E-state index in [0.717, 1.165) is 32.7 Å². The molecule has 2 aliphatic rings. The fourth-order valence-electron chi connectivity index (χ4n) is 3.93. The molecule has 5 nitrogen and oxygen atoms in total. The Labute approximate surface area is 171 Å². The Morgan fingerprint density at radius 2 is 1.68 bits per heavy atom. The minimum atomic E-state index is -0.00667. The first-order valence-electron chi connectivity index (χ1n) is 9.88. The van der Waals surface area contributed by atoms with Gasteiger partial charge >= 0.3 is 0 Å². The maximum atomic E-state index is 12.8. The van der Waals surface area contributed by atoms with Crippen LogP contribution in [0.25, 0.3) is 0 Å². The molecule has 0 saturated carbocycles. The van der Waals surface area contributed by atoms with Crippen molar-refractivity contribution in [3.8, 4) is 0 Å². The van der Waals surface area contributed by atoms with Gasteiger partial charge in [0, 0.05) is 51.5 Å². The quantitative estimate of drug-likeness (QED) is 0.791. The number of carbonyl (C=O) groups excluding carboxylic acids is 1. The van der Waals surface area contributed by atoms with Crippen molar-refractivity contribution in [2.24, 2.45) is 0 Å². The number of hydrogen-bond donors (Lipinski definition) is 0. The Hall–Kier alpha value is -2.08. The van der Waals surface area contributed by atoms with Crippen LogP contribution in [0.15, 0.2) is 54.6 Å². The molecule has 2 aromatic rings. The predicted octanol–water partition coefficient (Wildman–Crippen LogP) is 3.00. The smallest absolute Gasteiger partial charge is 0.255 e. The zero-order chi connectivity index (χ0) is 19.3. The molecule has 0 N–H and O–H groups in total. The second-order valence-corrected chi connectivity index (χ2v) is 7.75. The van der Waals surface area contributed by atoms with Gasteiger partial charge in [-0.1, -0.05) is 41.9 Å². The van der Waals surface area contributed by atoms with E-state index in [-0.39, 0.29) is 12.0 Å². The highest BCUT2D eigenvalue weighted by atomic mass is 35.5. The van der Waals surface area contributed by atoms with E-state index in [2.05, 4.69) is 40.1 Å². The number of carbonyl (C=O) groups is 1. The third-order valence-electron chi connectivity index (χ3n) is 5.49. The summed E-state index contributed by atoms with van der Waals surface area (Å²) in [6.07, 6.45) is 0.0449. The molecular weight excluding hydrogens is 374 g/mol. The summed E-state index contributed by atoms with van der Waals surface area (Å²) in [6, 6.07) is 17.8. The minimum Gasteiger partial charge on any atom is -0.373 e. The fourth-order valence-corrected chi connectivity index (χ4v) is 4.15. The average Bonchev–Trinajstić information content (AvgIpc) is 2.75. The minimum absolute atomic E-state index is 0.00667. The molecule has 2 aromatic carbocycles. The van der Waals surface area contributed by atoms with Crippen LogP contribution in [0, 0.1) is 0 Å². The van der Waals surface area contributed by atoms with Gasteiger partial charge in [-0.3, -0.25) is 9.69 Å². The lowest BCUT2D eigenvalue weighted by atomic mass is 10.1. The first kappa shape index (κ1) is 19.2. The van der Waals surface area contributed by atoms with E-state index in [1.54, 1.807) is 12.1 Å². The Morgan fingerprint density at radius 1 is 0.964 bits per heavy atom. The predicted molar refractivity (Wildman–Crippen MR) is 112 cm³/mol. The highest BCUT2D eigenvalue weighted by Crippen LogP contribution is 2.20. The van der Waals surface area contributed by atoms with Gasteiger partial charge in [-0.15, -0.1) is 0 Å². The van der Waals surface area contributed by atoms with Crippen LogP contribution in [-0.2, 0) is 4.74 Å². The number of morpholine rings is 1. The maximum absolute atomic E-state index is 12.8.